The van der Waals surface area contributed by atoms with Crippen molar-refractivity contribution in [3.05, 3.63) is 23.8 Å². The van der Waals surface area contributed by atoms with Crippen molar-refractivity contribution in [2.45, 2.75) is 102 Å². The summed E-state index contributed by atoms with van der Waals surface area (Å²) in [5.41, 5.74) is 0.520. The SMILES string of the molecule is COc1ccc(CN(C2CC2)[C@@H](C(=O)N2CCC[C@H]3CCCC[C@@H]32)C2CN(C(=O)OC(C)(C)C)C2)c(OC)c1. The number of hydrogen-bond donors (Lipinski definition) is 0. The molecule has 0 N–H and O–H groups in total. The zero-order valence-corrected chi connectivity index (χ0v) is 24.5. The van der Waals surface area contributed by atoms with Crippen LogP contribution in [0.2, 0.25) is 0 Å². The Bertz CT molecular complexity index is 1030. The Kier molecular flexibility index (Phi) is 8.32. The molecule has 216 valence electrons. The predicted octanol–water partition coefficient (Wildman–Crippen LogP) is 5.08. The molecule has 0 radical (unpaired) electrons. The quantitative estimate of drug-likeness (QED) is 0.457. The Morgan fingerprint density at radius 1 is 1.00 bits per heavy atom. The monoisotopic (exact) mass is 541 g/mol. The average molecular weight is 542 g/mol. The highest BCUT2D eigenvalue weighted by molar-refractivity contribution is 5.83. The maximum Gasteiger partial charge on any atom is 0.410 e. The van der Waals surface area contributed by atoms with Crippen molar-refractivity contribution in [3.63, 3.8) is 0 Å². The normalized spacial score (nSPS) is 24.6. The molecule has 2 aliphatic carbocycles. The highest BCUT2D eigenvalue weighted by Gasteiger charge is 2.50. The van der Waals surface area contributed by atoms with Crippen LogP contribution < -0.4 is 9.47 Å². The van der Waals surface area contributed by atoms with Crippen molar-refractivity contribution in [1.29, 1.82) is 0 Å². The van der Waals surface area contributed by atoms with Crippen molar-refractivity contribution in [1.82, 2.24) is 14.7 Å². The van der Waals surface area contributed by atoms with Gasteiger partial charge in [0, 0.05) is 55.8 Å². The van der Waals surface area contributed by atoms with Gasteiger partial charge in [-0.25, -0.2) is 4.79 Å². The molecule has 1 aromatic rings. The lowest BCUT2D eigenvalue weighted by Crippen LogP contribution is -2.65. The summed E-state index contributed by atoms with van der Waals surface area (Å²) in [5.74, 6) is 2.51. The summed E-state index contributed by atoms with van der Waals surface area (Å²) >= 11 is 0. The van der Waals surface area contributed by atoms with Gasteiger partial charge in [-0.3, -0.25) is 9.69 Å². The Morgan fingerprint density at radius 3 is 2.38 bits per heavy atom. The second-order valence-corrected chi connectivity index (χ2v) is 13.0. The third-order valence-corrected chi connectivity index (χ3v) is 9.01. The van der Waals surface area contributed by atoms with Crippen LogP contribution in [0.25, 0.3) is 0 Å². The van der Waals surface area contributed by atoms with Crippen molar-refractivity contribution in [2.24, 2.45) is 11.8 Å². The second-order valence-electron chi connectivity index (χ2n) is 13.0. The van der Waals surface area contributed by atoms with E-state index in [4.69, 9.17) is 14.2 Å². The summed E-state index contributed by atoms with van der Waals surface area (Å²) in [4.78, 5) is 33.8. The second kappa shape index (κ2) is 11.6. The number of methoxy groups -OCH3 is 2. The lowest BCUT2D eigenvalue weighted by Gasteiger charge is -2.50. The van der Waals surface area contributed by atoms with Gasteiger partial charge in [0.15, 0.2) is 0 Å². The lowest BCUT2D eigenvalue weighted by atomic mass is 9.77. The molecule has 8 heteroatoms. The maximum absolute atomic E-state index is 14.6. The van der Waals surface area contributed by atoms with E-state index < -0.39 is 5.60 Å². The first-order chi connectivity index (χ1) is 18.7. The van der Waals surface area contributed by atoms with E-state index >= 15 is 0 Å². The standard InChI is InChI=1S/C31H47N3O5/c1-31(2,3)39-30(36)32-18-23(19-32)28(29(35)33-16-8-10-21-9-6-7-11-26(21)33)34(24-13-14-24)20-22-12-15-25(37-4)17-27(22)38-5/h12,15,17,21,23-24,26,28H,6-11,13-14,16,18-20H2,1-5H3/t21-,26+,28-/m1/s1. The molecule has 0 aromatic heterocycles. The van der Waals surface area contributed by atoms with Crippen LogP contribution in [-0.2, 0) is 16.1 Å². The number of likely N-dealkylation sites (tertiary alicyclic amines) is 2. The fourth-order valence-electron chi connectivity index (χ4n) is 6.91. The van der Waals surface area contributed by atoms with E-state index in [1.807, 2.05) is 32.9 Å². The van der Waals surface area contributed by atoms with Crippen LogP contribution in [0.15, 0.2) is 18.2 Å². The number of piperidine rings is 1. The van der Waals surface area contributed by atoms with Crippen LogP contribution in [0.5, 0.6) is 11.5 Å². The summed E-state index contributed by atoms with van der Waals surface area (Å²) in [6.45, 7) is 8.27. The fraction of sp³-hybridized carbons (Fsp3) is 0.742. The van der Waals surface area contributed by atoms with Gasteiger partial charge in [-0.15, -0.1) is 0 Å². The maximum atomic E-state index is 14.6. The van der Waals surface area contributed by atoms with Gasteiger partial charge in [-0.05, 0) is 71.3 Å². The molecule has 8 nitrogen and oxygen atoms in total. The molecule has 2 amide bonds. The molecule has 3 atom stereocenters. The first kappa shape index (κ1) is 28.1. The van der Waals surface area contributed by atoms with Crippen molar-refractivity contribution >= 4 is 12.0 Å². The van der Waals surface area contributed by atoms with Gasteiger partial charge in [0.25, 0.3) is 0 Å². The zero-order valence-electron chi connectivity index (χ0n) is 24.5. The zero-order chi connectivity index (χ0) is 27.7. The molecule has 0 spiro atoms. The average Bonchev–Trinajstić information content (AvgIpc) is 3.73. The highest BCUT2D eigenvalue weighted by atomic mass is 16.6. The van der Waals surface area contributed by atoms with Crippen LogP contribution in [0.3, 0.4) is 0 Å². The molecule has 4 aliphatic rings. The van der Waals surface area contributed by atoms with Gasteiger partial charge in [0.1, 0.15) is 17.1 Å². The summed E-state index contributed by atoms with van der Waals surface area (Å²) in [5, 5.41) is 0. The molecule has 39 heavy (non-hydrogen) atoms. The van der Waals surface area contributed by atoms with Crippen LogP contribution >= 0.6 is 0 Å². The minimum absolute atomic E-state index is 0.0822. The number of amides is 2. The molecule has 4 fully saturated rings. The molecule has 0 unspecified atom stereocenters. The smallest absolute Gasteiger partial charge is 0.410 e. The topological polar surface area (TPSA) is 71.6 Å². The van der Waals surface area contributed by atoms with E-state index in [1.165, 1.54) is 25.7 Å². The van der Waals surface area contributed by atoms with Crippen molar-refractivity contribution in [2.75, 3.05) is 33.9 Å². The third-order valence-electron chi connectivity index (χ3n) is 9.01. The van der Waals surface area contributed by atoms with Crippen molar-refractivity contribution in [3.8, 4) is 11.5 Å². The van der Waals surface area contributed by atoms with E-state index in [0.717, 1.165) is 49.3 Å². The Hall–Kier alpha value is -2.48. The molecular weight excluding hydrogens is 494 g/mol. The minimum atomic E-state index is -0.536. The van der Waals surface area contributed by atoms with Crippen LogP contribution in [0.1, 0.15) is 77.7 Å². The van der Waals surface area contributed by atoms with E-state index in [2.05, 4.69) is 15.9 Å². The molecule has 5 rings (SSSR count). The number of rotatable bonds is 8. The van der Waals surface area contributed by atoms with Gasteiger partial charge >= 0.3 is 6.09 Å². The number of fused-ring (bicyclic) bond motifs is 1. The van der Waals surface area contributed by atoms with E-state index in [0.29, 0.717) is 37.6 Å². The molecule has 2 saturated carbocycles. The molecule has 1 aromatic carbocycles. The number of carbonyl (C=O) groups excluding carboxylic acids is 2. The van der Waals surface area contributed by atoms with E-state index in [-0.39, 0.29) is 24.0 Å². The first-order valence-corrected chi connectivity index (χ1v) is 14.9. The largest absolute Gasteiger partial charge is 0.497 e. The van der Waals surface area contributed by atoms with Gasteiger partial charge in [0.05, 0.1) is 20.3 Å². The highest BCUT2D eigenvalue weighted by Crippen LogP contribution is 2.40. The van der Waals surface area contributed by atoms with Crippen LogP contribution in [0, 0.1) is 11.8 Å². The van der Waals surface area contributed by atoms with Crippen molar-refractivity contribution < 1.29 is 23.8 Å². The molecular formula is C31H47N3O5. The van der Waals surface area contributed by atoms with Gasteiger partial charge in [0.2, 0.25) is 5.91 Å². The number of ether oxygens (including phenoxy) is 3. The Balaban J connectivity index is 1.41. The number of hydrogen-bond acceptors (Lipinski definition) is 6. The number of nitrogens with zero attached hydrogens (tertiary/aromatic N) is 3. The molecule has 2 heterocycles. The van der Waals surface area contributed by atoms with E-state index in [9.17, 15) is 9.59 Å². The summed E-state index contributed by atoms with van der Waals surface area (Å²) in [6.07, 6.45) is 9.08. The minimum Gasteiger partial charge on any atom is -0.497 e. The molecule has 2 aliphatic heterocycles. The predicted molar refractivity (Wildman–Crippen MR) is 150 cm³/mol. The Labute approximate surface area is 233 Å². The summed E-state index contributed by atoms with van der Waals surface area (Å²) < 4.78 is 16.8. The Morgan fingerprint density at radius 2 is 1.72 bits per heavy atom. The van der Waals surface area contributed by atoms with Crippen LogP contribution in [0.4, 0.5) is 4.79 Å². The summed E-state index contributed by atoms with van der Waals surface area (Å²) in [7, 11) is 3.34. The molecule has 0 bridgehead atoms. The molecule has 2 saturated heterocycles. The van der Waals surface area contributed by atoms with Gasteiger partial charge in [-0.2, -0.15) is 0 Å². The van der Waals surface area contributed by atoms with E-state index in [1.54, 1.807) is 19.1 Å². The number of carbonyl (C=O) groups is 2. The summed E-state index contributed by atoms with van der Waals surface area (Å²) in [6, 6.07) is 6.41. The van der Waals surface area contributed by atoms with Crippen LogP contribution in [-0.4, -0.2) is 84.3 Å². The fourth-order valence-corrected chi connectivity index (χ4v) is 6.91. The lowest BCUT2D eigenvalue weighted by molar-refractivity contribution is -0.149. The first-order valence-electron chi connectivity index (χ1n) is 14.9. The third kappa shape index (κ3) is 6.31. The van der Waals surface area contributed by atoms with Gasteiger partial charge < -0.3 is 24.0 Å². The van der Waals surface area contributed by atoms with Gasteiger partial charge in [-0.1, -0.05) is 18.9 Å². The number of benzene rings is 1.